The summed E-state index contributed by atoms with van der Waals surface area (Å²) in [6.07, 6.45) is 6.28. The first kappa shape index (κ1) is 18.6. The van der Waals surface area contributed by atoms with Crippen molar-refractivity contribution in [1.29, 1.82) is 0 Å². The molecule has 0 radical (unpaired) electrons. The number of ether oxygens (including phenoxy) is 1. The van der Waals surface area contributed by atoms with E-state index in [1.54, 1.807) is 31.4 Å². The molecule has 1 aliphatic heterocycles. The maximum Gasteiger partial charge on any atom is 0.245 e. The summed E-state index contributed by atoms with van der Waals surface area (Å²) in [4.78, 5) is 4.90. The van der Waals surface area contributed by atoms with Crippen molar-refractivity contribution < 1.29 is 17.7 Å². The van der Waals surface area contributed by atoms with Gasteiger partial charge in [-0.15, -0.1) is 0 Å². The molecule has 146 valence electrons. The van der Waals surface area contributed by atoms with Gasteiger partial charge in [0.15, 0.2) is 0 Å². The summed E-state index contributed by atoms with van der Waals surface area (Å²) in [5.74, 6) is 0.910. The first-order chi connectivity index (χ1) is 13.1. The lowest BCUT2D eigenvalue weighted by molar-refractivity contribution is -0.0178. The van der Waals surface area contributed by atoms with Crippen molar-refractivity contribution in [2.24, 2.45) is 0 Å². The largest absolute Gasteiger partial charge is 0.370 e. The van der Waals surface area contributed by atoms with Crippen molar-refractivity contribution in [3.8, 4) is 0 Å². The van der Waals surface area contributed by atoms with Gasteiger partial charge in [-0.1, -0.05) is 29.8 Å². The second-order valence-electron chi connectivity index (χ2n) is 7.30. The summed E-state index contributed by atoms with van der Waals surface area (Å²) in [6, 6.07) is 8.10. The number of methoxy groups -OCH3 is 1. The van der Waals surface area contributed by atoms with Gasteiger partial charge in [-0.05, 0) is 50.7 Å². The van der Waals surface area contributed by atoms with Crippen LogP contribution >= 0.6 is 0 Å². The third kappa shape index (κ3) is 3.30. The first-order valence-electron chi connectivity index (χ1n) is 9.53. The monoisotopic (exact) mass is 391 g/mol. The second kappa shape index (κ2) is 7.33. The van der Waals surface area contributed by atoms with Crippen LogP contribution in [-0.4, -0.2) is 36.5 Å². The van der Waals surface area contributed by atoms with E-state index < -0.39 is 21.7 Å². The summed E-state index contributed by atoms with van der Waals surface area (Å²) in [6.45, 7) is 0.453. The van der Waals surface area contributed by atoms with E-state index in [1.165, 1.54) is 4.31 Å². The van der Waals surface area contributed by atoms with Gasteiger partial charge in [0.1, 0.15) is 11.6 Å². The lowest BCUT2D eigenvalue weighted by Crippen LogP contribution is -2.38. The van der Waals surface area contributed by atoms with Crippen LogP contribution in [0.25, 0.3) is 0 Å². The summed E-state index contributed by atoms with van der Waals surface area (Å²) in [5, 5.41) is 4.17. The predicted octanol–water partition coefficient (Wildman–Crippen LogP) is 3.40. The van der Waals surface area contributed by atoms with Crippen molar-refractivity contribution in [3.63, 3.8) is 0 Å². The van der Waals surface area contributed by atoms with E-state index in [1.807, 2.05) is 6.07 Å². The van der Waals surface area contributed by atoms with Crippen molar-refractivity contribution in [2.75, 3.05) is 13.7 Å². The Morgan fingerprint density at radius 1 is 1.15 bits per heavy atom. The van der Waals surface area contributed by atoms with Gasteiger partial charge >= 0.3 is 0 Å². The maximum absolute atomic E-state index is 13.2. The van der Waals surface area contributed by atoms with Gasteiger partial charge in [0, 0.05) is 13.7 Å². The Morgan fingerprint density at radius 2 is 1.89 bits per heavy atom. The molecular weight excluding hydrogens is 366 g/mol. The zero-order valence-electron chi connectivity index (χ0n) is 15.5. The summed E-state index contributed by atoms with van der Waals surface area (Å²) >= 11 is 0. The van der Waals surface area contributed by atoms with E-state index in [2.05, 4.69) is 10.1 Å². The molecule has 1 atom stereocenters. The Hall–Kier alpha value is -1.77. The highest BCUT2D eigenvalue weighted by Gasteiger charge is 2.43. The molecule has 27 heavy (non-hydrogen) atoms. The fourth-order valence-corrected chi connectivity index (χ4v) is 5.86. The van der Waals surface area contributed by atoms with E-state index in [4.69, 9.17) is 9.26 Å². The third-order valence-corrected chi connectivity index (χ3v) is 7.66. The van der Waals surface area contributed by atoms with Crippen molar-refractivity contribution in [2.45, 2.75) is 61.5 Å². The van der Waals surface area contributed by atoms with E-state index in [-0.39, 0.29) is 0 Å². The van der Waals surface area contributed by atoms with Gasteiger partial charge in [-0.3, -0.25) is 0 Å². The van der Waals surface area contributed by atoms with Gasteiger partial charge in [0.25, 0.3) is 0 Å². The van der Waals surface area contributed by atoms with E-state index in [0.29, 0.717) is 29.6 Å². The molecule has 1 unspecified atom stereocenters. The molecule has 1 aliphatic carbocycles. The van der Waals surface area contributed by atoms with Gasteiger partial charge in [-0.2, -0.15) is 9.29 Å². The molecule has 2 heterocycles. The minimum atomic E-state index is -3.62. The zero-order valence-corrected chi connectivity index (χ0v) is 16.3. The van der Waals surface area contributed by atoms with Gasteiger partial charge in [0.05, 0.1) is 4.90 Å². The molecule has 1 saturated carbocycles. The molecule has 2 fully saturated rings. The number of hydrogen-bond donors (Lipinski definition) is 0. The van der Waals surface area contributed by atoms with Crippen LogP contribution < -0.4 is 0 Å². The normalized spacial score (nSPS) is 23.5. The SMILES string of the molecule is COC1(c2noc(C3CCCCN3S(=O)(=O)c3ccccc3)n2)CCCC1. The van der Waals surface area contributed by atoms with Gasteiger partial charge in [-0.25, -0.2) is 8.42 Å². The minimum absolute atomic E-state index is 0.292. The molecule has 0 spiro atoms. The Kier molecular flexibility index (Phi) is 5.05. The minimum Gasteiger partial charge on any atom is -0.370 e. The standard InChI is InChI=1S/C19H25N3O4S/c1-25-19(12-6-7-13-19)18-20-17(26-21-18)16-11-5-8-14-22(16)27(23,24)15-9-3-2-4-10-15/h2-4,9-10,16H,5-8,11-14H2,1H3. The number of hydrogen-bond acceptors (Lipinski definition) is 6. The van der Waals surface area contributed by atoms with Crippen LogP contribution in [0.5, 0.6) is 0 Å². The average molecular weight is 391 g/mol. The molecule has 2 aliphatic rings. The molecule has 4 rings (SSSR count). The van der Waals surface area contributed by atoms with Crippen LogP contribution in [0, 0.1) is 0 Å². The van der Waals surface area contributed by atoms with Crippen LogP contribution in [0.3, 0.4) is 0 Å². The number of sulfonamides is 1. The molecule has 7 nitrogen and oxygen atoms in total. The molecule has 1 saturated heterocycles. The van der Waals surface area contributed by atoms with Gasteiger partial charge < -0.3 is 9.26 Å². The summed E-state index contributed by atoms with van der Waals surface area (Å²) in [7, 11) is -1.94. The molecule has 1 aromatic carbocycles. The first-order valence-corrected chi connectivity index (χ1v) is 11.0. The number of benzene rings is 1. The number of nitrogens with zero attached hydrogens (tertiary/aromatic N) is 3. The highest BCUT2D eigenvalue weighted by molar-refractivity contribution is 7.89. The highest BCUT2D eigenvalue weighted by Crippen LogP contribution is 2.41. The quantitative estimate of drug-likeness (QED) is 0.776. The summed E-state index contributed by atoms with van der Waals surface area (Å²) in [5.41, 5.74) is -0.500. The molecule has 0 bridgehead atoms. The second-order valence-corrected chi connectivity index (χ2v) is 9.19. The van der Waals surface area contributed by atoms with Crippen molar-refractivity contribution in [1.82, 2.24) is 14.4 Å². The number of piperidine rings is 1. The zero-order chi connectivity index (χ0) is 18.9. The average Bonchev–Trinajstić information content (AvgIpc) is 3.39. The Morgan fingerprint density at radius 3 is 2.59 bits per heavy atom. The fraction of sp³-hybridized carbons (Fsp3) is 0.579. The molecule has 0 N–H and O–H groups in total. The van der Waals surface area contributed by atoms with Crippen LogP contribution in [-0.2, 0) is 20.4 Å². The highest BCUT2D eigenvalue weighted by atomic mass is 32.2. The lowest BCUT2D eigenvalue weighted by atomic mass is 10.0. The topological polar surface area (TPSA) is 85.5 Å². The maximum atomic E-state index is 13.2. The Balaban J connectivity index is 1.66. The summed E-state index contributed by atoms with van der Waals surface area (Å²) < 4.78 is 39.1. The van der Waals surface area contributed by atoms with E-state index in [0.717, 1.165) is 38.5 Å². The van der Waals surface area contributed by atoms with Gasteiger partial charge in [0.2, 0.25) is 21.7 Å². The van der Waals surface area contributed by atoms with Crippen LogP contribution in [0.2, 0.25) is 0 Å². The van der Waals surface area contributed by atoms with E-state index in [9.17, 15) is 8.42 Å². The molecule has 2 aromatic rings. The third-order valence-electron chi connectivity index (χ3n) is 5.74. The van der Waals surface area contributed by atoms with E-state index >= 15 is 0 Å². The molecule has 1 aromatic heterocycles. The fourth-order valence-electron chi connectivity index (χ4n) is 4.19. The van der Waals surface area contributed by atoms with Crippen molar-refractivity contribution >= 4 is 10.0 Å². The Labute approximate surface area is 159 Å². The molecular formula is C19H25N3O4S. The number of rotatable bonds is 5. The van der Waals surface area contributed by atoms with Crippen LogP contribution in [0.4, 0.5) is 0 Å². The Bertz CT molecular complexity index is 875. The van der Waals surface area contributed by atoms with Crippen LogP contribution in [0.15, 0.2) is 39.8 Å². The van der Waals surface area contributed by atoms with Crippen LogP contribution in [0.1, 0.15) is 62.7 Å². The number of aromatic nitrogens is 2. The van der Waals surface area contributed by atoms with Crippen molar-refractivity contribution in [3.05, 3.63) is 42.0 Å². The molecule has 0 amide bonds. The lowest BCUT2D eigenvalue weighted by Gasteiger charge is -2.32. The molecule has 8 heteroatoms. The predicted molar refractivity (Wildman–Crippen MR) is 98.4 cm³/mol. The smallest absolute Gasteiger partial charge is 0.245 e.